The van der Waals surface area contributed by atoms with Gasteiger partial charge in [-0.05, 0) is 37.3 Å². The van der Waals surface area contributed by atoms with Crippen LogP contribution in [0.2, 0.25) is 0 Å². The lowest BCUT2D eigenvalue weighted by Crippen LogP contribution is -2.42. The van der Waals surface area contributed by atoms with Crippen molar-refractivity contribution < 1.29 is 28.9 Å². The highest BCUT2D eigenvalue weighted by Gasteiger charge is 2.47. The maximum atomic E-state index is 13.6. The number of hydrogen-bond acceptors (Lipinski definition) is 8. The molecule has 5 rings (SSSR count). The van der Waals surface area contributed by atoms with Crippen molar-refractivity contribution in [1.29, 1.82) is 0 Å². The molecule has 0 unspecified atom stereocenters. The van der Waals surface area contributed by atoms with E-state index in [0.29, 0.717) is 48.1 Å². The van der Waals surface area contributed by atoms with Crippen molar-refractivity contribution in [2.24, 2.45) is 0 Å². The first-order valence-corrected chi connectivity index (χ1v) is 12.9. The first-order chi connectivity index (χ1) is 18.9. The van der Waals surface area contributed by atoms with E-state index in [9.17, 15) is 14.7 Å². The minimum Gasteiger partial charge on any atom is -0.507 e. The first kappa shape index (κ1) is 26.5. The zero-order valence-electron chi connectivity index (χ0n) is 22.3. The highest BCUT2D eigenvalue weighted by Crippen LogP contribution is 2.44. The molecule has 2 aliphatic rings. The Morgan fingerprint density at radius 1 is 1.05 bits per heavy atom. The minimum absolute atomic E-state index is 0.00996. The Morgan fingerprint density at radius 2 is 1.79 bits per heavy atom. The van der Waals surface area contributed by atoms with Gasteiger partial charge < -0.3 is 24.2 Å². The second-order valence-corrected chi connectivity index (χ2v) is 9.45. The zero-order valence-corrected chi connectivity index (χ0v) is 22.3. The van der Waals surface area contributed by atoms with Crippen LogP contribution in [0.15, 0.2) is 60.3 Å². The molecule has 10 nitrogen and oxygen atoms in total. The number of methoxy groups -OCH3 is 2. The van der Waals surface area contributed by atoms with Crippen LogP contribution in [0, 0.1) is 6.92 Å². The van der Waals surface area contributed by atoms with E-state index in [2.05, 4.69) is 10.00 Å². The molecule has 0 aliphatic carbocycles. The van der Waals surface area contributed by atoms with Crippen molar-refractivity contribution in [2.75, 3.05) is 53.6 Å². The molecular weight excluding hydrogens is 500 g/mol. The third kappa shape index (κ3) is 5.00. The largest absolute Gasteiger partial charge is 0.507 e. The molecule has 2 saturated heterocycles. The maximum absolute atomic E-state index is 13.6. The quantitative estimate of drug-likeness (QED) is 0.268. The Balaban J connectivity index is 1.62. The summed E-state index contributed by atoms with van der Waals surface area (Å²) in [6.07, 6.45) is 1.51. The lowest BCUT2D eigenvalue weighted by atomic mass is 9.94. The monoisotopic (exact) mass is 532 g/mol. The predicted molar refractivity (Wildman–Crippen MR) is 144 cm³/mol. The Kier molecular flexibility index (Phi) is 7.67. The zero-order chi connectivity index (χ0) is 27.5. The third-order valence-corrected chi connectivity index (χ3v) is 7.30. The van der Waals surface area contributed by atoms with Crippen LogP contribution in [0.5, 0.6) is 11.5 Å². The Labute approximate surface area is 227 Å². The van der Waals surface area contributed by atoms with E-state index in [1.54, 1.807) is 30.0 Å². The van der Waals surface area contributed by atoms with Crippen molar-refractivity contribution in [3.63, 3.8) is 0 Å². The SMILES string of the molecule is COc1ccc(OC)c([C@@H]2C(=C(O)c3cnn(-c4ccccc4)c3C)C(=O)C(=O)N2CCN2CCOCC2)c1. The number of likely N-dealkylation sites (tertiary alicyclic amines) is 1. The number of para-hydroxylation sites is 1. The van der Waals surface area contributed by atoms with Crippen molar-refractivity contribution in [3.8, 4) is 17.2 Å². The summed E-state index contributed by atoms with van der Waals surface area (Å²) in [5.41, 5.74) is 2.36. The number of carbonyl (C=O) groups excluding carboxylic acids is 2. The van der Waals surface area contributed by atoms with Gasteiger partial charge in [0.05, 0.1) is 62.2 Å². The Hall–Kier alpha value is -4.15. The summed E-state index contributed by atoms with van der Waals surface area (Å²) in [5, 5.41) is 16.1. The first-order valence-electron chi connectivity index (χ1n) is 12.9. The maximum Gasteiger partial charge on any atom is 0.295 e. The average molecular weight is 533 g/mol. The smallest absolute Gasteiger partial charge is 0.295 e. The van der Waals surface area contributed by atoms with Gasteiger partial charge in [-0.2, -0.15) is 5.10 Å². The van der Waals surface area contributed by atoms with Crippen molar-refractivity contribution >= 4 is 17.4 Å². The number of ether oxygens (including phenoxy) is 3. The van der Waals surface area contributed by atoms with Crippen molar-refractivity contribution in [2.45, 2.75) is 13.0 Å². The van der Waals surface area contributed by atoms with Gasteiger partial charge in [0.1, 0.15) is 17.3 Å². The molecule has 0 spiro atoms. The molecule has 0 radical (unpaired) electrons. The number of Topliss-reactive ketones (excluding diaryl/α,β-unsaturated/α-hetero) is 1. The van der Waals surface area contributed by atoms with Crippen LogP contribution >= 0.6 is 0 Å². The number of amides is 1. The van der Waals surface area contributed by atoms with Crippen LogP contribution < -0.4 is 9.47 Å². The van der Waals surface area contributed by atoms with Crippen LogP contribution in [-0.4, -0.2) is 90.0 Å². The van der Waals surface area contributed by atoms with E-state index in [0.717, 1.165) is 18.8 Å². The summed E-state index contributed by atoms with van der Waals surface area (Å²) in [5.74, 6) is -0.694. The highest BCUT2D eigenvalue weighted by atomic mass is 16.5. The summed E-state index contributed by atoms with van der Waals surface area (Å²) in [6.45, 7) is 5.39. The summed E-state index contributed by atoms with van der Waals surface area (Å²) in [7, 11) is 3.07. The molecule has 10 heteroatoms. The van der Waals surface area contributed by atoms with Gasteiger partial charge in [0.15, 0.2) is 0 Å². The fraction of sp³-hybridized carbons (Fsp3) is 0.345. The van der Waals surface area contributed by atoms with Crippen LogP contribution in [-0.2, 0) is 14.3 Å². The van der Waals surface area contributed by atoms with Crippen LogP contribution in [0.4, 0.5) is 0 Å². The van der Waals surface area contributed by atoms with E-state index in [4.69, 9.17) is 14.2 Å². The van der Waals surface area contributed by atoms with Crippen LogP contribution in [0.3, 0.4) is 0 Å². The molecule has 1 amide bonds. The number of aromatic nitrogens is 2. The molecule has 0 saturated carbocycles. The molecule has 0 bridgehead atoms. The number of rotatable bonds is 8. The van der Waals surface area contributed by atoms with E-state index in [-0.39, 0.29) is 17.9 Å². The van der Waals surface area contributed by atoms with Crippen molar-refractivity contribution in [1.82, 2.24) is 19.6 Å². The number of nitrogens with zero attached hydrogens (tertiary/aromatic N) is 4. The molecule has 2 fully saturated rings. The second kappa shape index (κ2) is 11.3. The van der Waals surface area contributed by atoms with Gasteiger partial charge in [-0.25, -0.2) is 4.68 Å². The predicted octanol–water partition coefficient (Wildman–Crippen LogP) is 2.95. The summed E-state index contributed by atoms with van der Waals surface area (Å²) in [6, 6.07) is 13.8. The number of aliphatic hydroxyl groups is 1. The Bertz CT molecular complexity index is 1390. The Morgan fingerprint density at radius 3 is 2.49 bits per heavy atom. The fourth-order valence-corrected chi connectivity index (χ4v) is 5.18. The standard InChI is InChI=1S/C29H32N4O6/c1-19-23(18-30-33(19)20-7-5-4-6-8-20)27(34)25-26(22-17-21(37-2)9-10-24(22)38-3)32(29(36)28(25)35)12-11-31-13-15-39-16-14-31/h4-10,17-18,26,34H,11-16H2,1-3H3/t26-/m1/s1. The van der Waals surface area contributed by atoms with Gasteiger partial charge in [-0.15, -0.1) is 0 Å². The lowest BCUT2D eigenvalue weighted by molar-refractivity contribution is -0.140. The molecule has 3 aromatic rings. The molecule has 39 heavy (non-hydrogen) atoms. The fourth-order valence-electron chi connectivity index (χ4n) is 5.18. The minimum atomic E-state index is -0.879. The van der Waals surface area contributed by atoms with E-state index >= 15 is 0 Å². The van der Waals surface area contributed by atoms with E-state index < -0.39 is 17.7 Å². The molecule has 204 valence electrons. The topological polar surface area (TPSA) is 106 Å². The molecule has 3 heterocycles. The highest BCUT2D eigenvalue weighted by molar-refractivity contribution is 6.46. The normalized spacial score (nSPS) is 19.5. The van der Waals surface area contributed by atoms with E-state index in [1.807, 2.05) is 37.3 Å². The van der Waals surface area contributed by atoms with Gasteiger partial charge in [-0.3, -0.25) is 14.5 Å². The van der Waals surface area contributed by atoms with Crippen LogP contribution in [0.1, 0.15) is 22.9 Å². The molecule has 1 aromatic heterocycles. The summed E-state index contributed by atoms with van der Waals surface area (Å²) >= 11 is 0. The van der Waals surface area contributed by atoms with Crippen LogP contribution in [0.25, 0.3) is 11.4 Å². The molecule has 1 N–H and O–H groups in total. The lowest BCUT2D eigenvalue weighted by Gasteiger charge is -2.31. The molecule has 2 aliphatic heterocycles. The number of morpholine rings is 1. The van der Waals surface area contributed by atoms with Gasteiger partial charge in [0.25, 0.3) is 11.7 Å². The summed E-state index contributed by atoms with van der Waals surface area (Å²) < 4.78 is 18.2. The van der Waals surface area contributed by atoms with Gasteiger partial charge in [0.2, 0.25) is 0 Å². The molecule has 1 atom stereocenters. The molecule has 2 aromatic carbocycles. The van der Waals surface area contributed by atoms with E-state index in [1.165, 1.54) is 18.2 Å². The van der Waals surface area contributed by atoms with Crippen molar-refractivity contribution in [3.05, 3.63) is 77.1 Å². The second-order valence-electron chi connectivity index (χ2n) is 9.45. The number of benzene rings is 2. The number of carbonyl (C=O) groups is 2. The number of ketones is 1. The van der Waals surface area contributed by atoms with Gasteiger partial charge in [0, 0.05) is 31.7 Å². The van der Waals surface area contributed by atoms with Gasteiger partial charge >= 0.3 is 0 Å². The number of hydrogen-bond donors (Lipinski definition) is 1. The average Bonchev–Trinajstić information content (AvgIpc) is 3.48. The van der Waals surface area contributed by atoms with Gasteiger partial charge in [-0.1, -0.05) is 18.2 Å². The molecular formula is C29H32N4O6. The third-order valence-electron chi connectivity index (χ3n) is 7.30. The summed E-state index contributed by atoms with van der Waals surface area (Å²) in [4.78, 5) is 30.7. The number of aliphatic hydroxyl groups excluding tert-OH is 1.